The SMILES string of the molecule is Cc1noc2c1COC2. The lowest BCUT2D eigenvalue weighted by atomic mass is 10.2. The van der Waals surface area contributed by atoms with Gasteiger partial charge in [-0.05, 0) is 6.92 Å². The van der Waals surface area contributed by atoms with Crippen molar-refractivity contribution in [1.29, 1.82) is 0 Å². The van der Waals surface area contributed by atoms with Crippen molar-refractivity contribution < 1.29 is 9.26 Å². The van der Waals surface area contributed by atoms with Gasteiger partial charge < -0.3 is 9.26 Å². The predicted octanol–water partition coefficient (Wildman–Crippen LogP) is 1.01. The Labute approximate surface area is 52.6 Å². The molecule has 1 aliphatic rings. The molecule has 0 saturated heterocycles. The largest absolute Gasteiger partial charge is 0.368 e. The second-order valence-electron chi connectivity index (χ2n) is 2.16. The van der Waals surface area contributed by atoms with Gasteiger partial charge in [-0.2, -0.15) is 0 Å². The molecule has 9 heavy (non-hydrogen) atoms. The van der Waals surface area contributed by atoms with E-state index >= 15 is 0 Å². The molecule has 3 heteroatoms. The predicted molar refractivity (Wildman–Crippen MR) is 29.7 cm³/mol. The molecule has 0 atom stereocenters. The van der Waals surface area contributed by atoms with Crippen molar-refractivity contribution >= 4 is 0 Å². The number of fused-ring (bicyclic) bond motifs is 1. The van der Waals surface area contributed by atoms with Gasteiger partial charge in [-0.1, -0.05) is 5.16 Å². The molecule has 2 heterocycles. The lowest BCUT2D eigenvalue weighted by Gasteiger charge is -1.85. The molecular weight excluding hydrogens is 118 g/mol. The van der Waals surface area contributed by atoms with E-state index in [4.69, 9.17) is 9.26 Å². The molecule has 0 spiro atoms. The van der Waals surface area contributed by atoms with E-state index in [1.807, 2.05) is 6.92 Å². The van der Waals surface area contributed by atoms with E-state index < -0.39 is 0 Å². The van der Waals surface area contributed by atoms with Crippen LogP contribution in [0.5, 0.6) is 0 Å². The Morgan fingerprint density at radius 2 is 2.33 bits per heavy atom. The van der Waals surface area contributed by atoms with Gasteiger partial charge in [-0.15, -0.1) is 0 Å². The second-order valence-corrected chi connectivity index (χ2v) is 2.16. The van der Waals surface area contributed by atoms with Gasteiger partial charge in [-0.25, -0.2) is 0 Å². The van der Waals surface area contributed by atoms with Gasteiger partial charge in [0, 0.05) is 5.56 Å². The highest BCUT2D eigenvalue weighted by Gasteiger charge is 2.18. The molecule has 0 unspecified atom stereocenters. The molecule has 0 fully saturated rings. The van der Waals surface area contributed by atoms with Crippen LogP contribution in [-0.4, -0.2) is 5.16 Å². The Morgan fingerprint density at radius 1 is 1.44 bits per heavy atom. The maximum atomic E-state index is 5.10. The summed E-state index contributed by atoms with van der Waals surface area (Å²) in [6.45, 7) is 3.19. The molecule has 0 radical (unpaired) electrons. The highest BCUT2D eigenvalue weighted by atomic mass is 16.5. The molecule has 1 aromatic heterocycles. The monoisotopic (exact) mass is 125 g/mol. The van der Waals surface area contributed by atoms with Gasteiger partial charge in [0.1, 0.15) is 6.61 Å². The summed E-state index contributed by atoms with van der Waals surface area (Å²) in [6.07, 6.45) is 0. The Hall–Kier alpha value is -0.830. The zero-order chi connectivity index (χ0) is 6.27. The van der Waals surface area contributed by atoms with E-state index in [9.17, 15) is 0 Å². The Kier molecular flexibility index (Phi) is 0.873. The molecule has 1 aliphatic heterocycles. The molecule has 48 valence electrons. The van der Waals surface area contributed by atoms with Crippen LogP contribution in [0.4, 0.5) is 0 Å². The number of nitrogens with zero attached hydrogens (tertiary/aromatic N) is 1. The first-order chi connectivity index (χ1) is 4.38. The van der Waals surface area contributed by atoms with E-state index in [0.717, 1.165) is 17.0 Å². The number of hydrogen-bond acceptors (Lipinski definition) is 3. The van der Waals surface area contributed by atoms with Gasteiger partial charge in [0.15, 0.2) is 5.76 Å². The van der Waals surface area contributed by atoms with Crippen molar-refractivity contribution in [1.82, 2.24) is 5.16 Å². The van der Waals surface area contributed by atoms with Crippen LogP contribution in [0.2, 0.25) is 0 Å². The second kappa shape index (κ2) is 1.57. The topological polar surface area (TPSA) is 35.3 Å². The Balaban J connectivity index is 2.56. The molecule has 0 bridgehead atoms. The number of aromatic nitrogens is 1. The van der Waals surface area contributed by atoms with E-state index in [1.165, 1.54) is 0 Å². The first-order valence-electron chi connectivity index (χ1n) is 2.89. The molecular formula is C6H7NO2. The Morgan fingerprint density at radius 3 is 3.11 bits per heavy atom. The van der Waals surface area contributed by atoms with Gasteiger partial charge in [0.2, 0.25) is 0 Å². The molecule has 2 rings (SSSR count). The van der Waals surface area contributed by atoms with Crippen molar-refractivity contribution in [3.05, 3.63) is 17.0 Å². The van der Waals surface area contributed by atoms with Crippen LogP contribution in [0.1, 0.15) is 17.0 Å². The number of aryl methyl sites for hydroxylation is 1. The normalized spacial score (nSPS) is 16.1. The van der Waals surface area contributed by atoms with Crippen molar-refractivity contribution in [2.24, 2.45) is 0 Å². The first kappa shape index (κ1) is 4.99. The Bertz CT molecular complexity index is 229. The van der Waals surface area contributed by atoms with E-state index in [-0.39, 0.29) is 0 Å². The maximum Gasteiger partial charge on any atom is 0.168 e. The van der Waals surface area contributed by atoms with Crippen LogP contribution in [0.25, 0.3) is 0 Å². The number of hydrogen-bond donors (Lipinski definition) is 0. The van der Waals surface area contributed by atoms with Crippen molar-refractivity contribution in [3.63, 3.8) is 0 Å². The van der Waals surface area contributed by atoms with Gasteiger partial charge >= 0.3 is 0 Å². The zero-order valence-electron chi connectivity index (χ0n) is 5.18. The molecule has 0 aliphatic carbocycles. The van der Waals surface area contributed by atoms with Crippen molar-refractivity contribution in [3.8, 4) is 0 Å². The summed E-state index contributed by atoms with van der Waals surface area (Å²) in [7, 11) is 0. The molecule has 0 aromatic carbocycles. The average molecular weight is 125 g/mol. The number of rotatable bonds is 0. The summed E-state index contributed by atoms with van der Waals surface area (Å²) in [4.78, 5) is 0. The van der Waals surface area contributed by atoms with E-state index in [0.29, 0.717) is 13.2 Å². The minimum Gasteiger partial charge on any atom is -0.368 e. The fraction of sp³-hybridized carbons (Fsp3) is 0.500. The number of ether oxygens (including phenoxy) is 1. The van der Waals surface area contributed by atoms with Gasteiger partial charge in [0.05, 0.1) is 12.3 Å². The standard InChI is InChI=1S/C6H7NO2/c1-4-5-2-8-3-6(5)9-7-4/h2-3H2,1H3. The summed E-state index contributed by atoms with van der Waals surface area (Å²) < 4.78 is 10.0. The molecule has 0 saturated carbocycles. The van der Waals surface area contributed by atoms with Crippen LogP contribution >= 0.6 is 0 Å². The van der Waals surface area contributed by atoms with E-state index in [2.05, 4.69) is 5.16 Å². The quantitative estimate of drug-likeness (QED) is 0.519. The highest BCUT2D eigenvalue weighted by Crippen LogP contribution is 2.21. The molecule has 0 N–H and O–H groups in total. The van der Waals surface area contributed by atoms with Crippen molar-refractivity contribution in [2.75, 3.05) is 0 Å². The van der Waals surface area contributed by atoms with Crippen LogP contribution < -0.4 is 0 Å². The third-order valence-electron chi connectivity index (χ3n) is 1.55. The molecule has 3 nitrogen and oxygen atoms in total. The fourth-order valence-electron chi connectivity index (χ4n) is 0.980. The average Bonchev–Trinajstić information content (AvgIpc) is 2.35. The van der Waals surface area contributed by atoms with E-state index in [1.54, 1.807) is 0 Å². The van der Waals surface area contributed by atoms with Crippen LogP contribution in [0.3, 0.4) is 0 Å². The lowest BCUT2D eigenvalue weighted by molar-refractivity contribution is 0.118. The van der Waals surface area contributed by atoms with Crippen molar-refractivity contribution in [2.45, 2.75) is 20.1 Å². The summed E-state index contributed by atoms with van der Waals surface area (Å²) >= 11 is 0. The zero-order valence-corrected chi connectivity index (χ0v) is 5.18. The van der Waals surface area contributed by atoms with Gasteiger partial charge in [-0.3, -0.25) is 0 Å². The first-order valence-corrected chi connectivity index (χ1v) is 2.89. The van der Waals surface area contributed by atoms with Crippen LogP contribution in [-0.2, 0) is 18.0 Å². The summed E-state index contributed by atoms with van der Waals surface area (Å²) in [6, 6.07) is 0. The summed E-state index contributed by atoms with van der Waals surface area (Å²) in [5, 5.41) is 3.78. The summed E-state index contributed by atoms with van der Waals surface area (Å²) in [5.74, 6) is 0.896. The fourth-order valence-corrected chi connectivity index (χ4v) is 0.980. The van der Waals surface area contributed by atoms with Gasteiger partial charge in [0.25, 0.3) is 0 Å². The molecule has 0 amide bonds. The summed E-state index contributed by atoms with van der Waals surface area (Å²) in [5.41, 5.74) is 2.09. The smallest absolute Gasteiger partial charge is 0.168 e. The third kappa shape index (κ3) is 0.580. The lowest BCUT2D eigenvalue weighted by Crippen LogP contribution is -1.80. The maximum absolute atomic E-state index is 5.10. The minimum absolute atomic E-state index is 0.593. The minimum atomic E-state index is 0.593. The third-order valence-corrected chi connectivity index (χ3v) is 1.55. The van der Waals surface area contributed by atoms with Crippen LogP contribution in [0, 0.1) is 6.92 Å². The highest BCUT2D eigenvalue weighted by molar-refractivity contribution is 5.22. The van der Waals surface area contributed by atoms with Crippen LogP contribution in [0.15, 0.2) is 4.52 Å². The molecule has 1 aromatic rings.